The standard InChI is InChI=1S/C32H37N9O4/c1-33-30(43)28-25-18-23(6-9-26(25)37-38-28)36-31(44)32(21-45-2)10-13-39(20-32)19-27(42)41-16-14-40(15-17-41)24-7-4-22(5-8-24)29-34-11-3-12-35-29/h3-9,11-12,18H,10,13-17,19-21H2,1-2H3,(H,33,43)(H,36,44)(H,37,38). The van der Waals surface area contributed by atoms with Crippen molar-refractivity contribution in [2.24, 2.45) is 5.41 Å². The summed E-state index contributed by atoms with van der Waals surface area (Å²) in [6.07, 6.45) is 4.03. The van der Waals surface area contributed by atoms with Gasteiger partial charge in [-0.3, -0.25) is 24.4 Å². The molecule has 1 unspecified atom stereocenters. The van der Waals surface area contributed by atoms with Crippen molar-refractivity contribution in [1.29, 1.82) is 0 Å². The summed E-state index contributed by atoms with van der Waals surface area (Å²) in [5.74, 6) is 0.265. The molecule has 2 aromatic carbocycles. The number of nitrogens with zero attached hydrogens (tertiary/aromatic N) is 6. The number of likely N-dealkylation sites (tertiary alicyclic amines) is 1. The molecule has 4 heterocycles. The summed E-state index contributed by atoms with van der Waals surface area (Å²) >= 11 is 0. The summed E-state index contributed by atoms with van der Waals surface area (Å²) in [6.45, 7) is 4.25. The lowest BCUT2D eigenvalue weighted by Crippen LogP contribution is -2.51. The van der Waals surface area contributed by atoms with E-state index in [1.54, 1.807) is 50.8 Å². The van der Waals surface area contributed by atoms with E-state index < -0.39 is 5.41 Å². The van der Waals surface area contributed by atoms with E-state index in [-0.39, 0.29) is 36.6 Å². The van der Waals surface area contributed by atoms with Gasteiger partial charge in [0.25, 0.3) is 5.91 Å². The number of benzene rings is 2. The number of hydrogen-bond donors (Lipinski definition) is 3. The highest BCUT2D eigenvalue weighted by Crippen LogP contribution is 2.33. The number of fused-ring (bicyclic) bond motifs is 1. The van der Waals surface area contributed by atoms with Gasteiger partial charge in [0.05, 0.1) is 24.1 Å². The smallest absolute Gasteiger partial charge is 0.272 e. The lowest BCUT2D eigenvalue weighted by molar-refractivity contribution is -0.133. The van der Waals surface area contributed by atoms with Gasteiger partial charge in [-0.05, 0) is 61.5 Å². The maximum Gasteiger partial charge on any atom is 0.272 e. The van der Waals surface area contributed by atoms with Gasteiger partial charge in [0, 0.05) is 81.6 Å². The van der Waals surface area contributed by atoms with Crippen molar-refractivity contribution >= 4 is 40.0 Å². The predicted molar refractivity (Wildman–Crippen MR) is 170 cm³/mol. The first kappa shape index (κ1) is 30.2. The molecule has 13 nitrogen and oxygen atoms in total. The first-order chi connectivity index (χ1) is 21.9. The van der Waals surface area contributed by atoms with E-state index in [1.165, 1.54) is 0 Å². The quantitative estimate of drug-likeness (QED) is 0.258. The van der Waals surface area contributed by atoms with Gasteiger partial charge in [0.15, 0.2) is 11.5 Å². The van der Waals surface area contributed by atoms with Crippen LogP contribution in [0.3, 0.4) is 0 Å². The van der Waals surface area contributed by atoms with Crippen molar-refractivity contribution in [3.05, 3.63) is 66.6 Å². The first-order valence-corrected chi connectivity index (χ1v) is 15.0. The second-order valence-corrected chi connectivity index (χ2v) is 11.5. The van der Waals surface area contributed by atoms with Crippen LogP contribution in [-0.4, -0.2) is 114 Å². The van der Waals surface area contributed by atoms with Crippen LogP contribution < -0.4 is 15.5 Å². The summed E-state index contributed by atoms with van der Waals surface area (Å²) in [5.41, 5.74) is 2.78. The molecule has 0 saturated carbocycles. The van der Waals surface area contributed by atoms with E-state index >= 15 is 0 Å². The zero-order valence-electron chi connectivity index (χ0n) is 25.5. The highest BCUT2D eigenvalue weighted by Gasteiger charge is 2.45. The van der Waals surface area contributed by atoms with Crippen molar-refractivity contribution in [2.45, 2.75) is 6.42 Å². The third kappa shape index (κ3) is 6.35. The Hall–Kier alpha value is -4.88. The largest absolute Gasteiger partial charge is 0.384 e. The number of rotatable bonds is 9. The van der Waals surface area contributed by atoms with E-state index in [2.05, 4.69) is 47.8 Å². The Morgan fingerprint density at radius 1 is 1.00 bits per heavy atom. The van der Waals surface area contributed by atoms with Crippen molar-refractivity contribution < 1.29 is 19.1 Å². The van der Waals surface area contributed by atoms with Gasteiger partial charge in [0.2, 0.25) is 11.8 Å². The molecule has 3 amide bonds. The Bertz CT molecular complexity index is 1670. The molecule has 45 heavy (non-hydrogen) atoms. The van der Waals surface area contributed by atoms with Gasteiger partial charge in [-0.2, -0.15) is 5.10 Å². The van der Waals surface area contributed by atoms with E-state index in [0.29, 0.717) is 55.0 Å². The maximum atomic E-state index is 13.7. The van der Waals surface area contributed by atoms with E-state index in [9.17, 15) is 14.4 Å². The van der Waals surface area contributed by atoms with Crippen LogP contribution in [0.5, 0.6) is 0 Å². The van der Waals surface area contributed by atoms with Crippen LogP contribution in [-0.2, 0) is 14.3 Å². The molecule has 0 spiro atoms. The highest BCUT2D eigenvalue weighted by molar-refractivity contribution is 6.06. The van der Waals surface area contributed by atoms with Crippen LogP contribution in [0.15, 0.2) is 60.9 Å². The predicted octanol–water partition coefficient (Wildman–Crippen LogP) is 2.01. The van der Waals surface area contributed by atoms with Gasteiger partial charge in [-0.1, -0.05) is 0 Å². The highest BCUT2D eigenvalue weighted by atomic mass is 16.5. The van der Waals surface area contributed by atoms with Crippen LogP contribution in [0.4, 0.5) is 11.4 Å². The average molecular weight is 612 g/mol. The van der Waals surface area contributed by atoms with Crippen molar-refractivity contribution in [3.8, 4) is 11.4 Å². The number of hydrogen-bond acceptors (Lipinski definition) is 9. The van der Waals surface area contributed by atoms with E-state index in [4.69, 9.17) is 4.74 Å². The molecular formula is C32H37N9O4. The molecule has 0 radical (unpaired) electrons. The number of H-pyrrole nitrogens is 1. The number of aromatic amines is 1. The topological polar surface area (TPSA) is 149 Å². The van der Waals surface area contributed by atoms with Crippen LogP contribution in [0.2, 0.25) is 0 Å². The monoisotopic (exact) mass is 611 g/mol. The van der Waals surface area contributed by atoms with Gasteiger partial charge in [-0.25, -0.2) is 9.97 Å². The summed E-state index contributed by atoms with van der Waals surface area (Å²) in [4.78, 5) is 54.0. The molecular weight excluding hydrogens is 574 g/mol. The fourth-order valence-electron chi connectivity index (χ4n) is 6.16. The third-order valence-electron chi connectivity index (χ3n) is 8.65. The van der Waals surface area contributed by atoms with Crippen molar-refractivity contribution in [1.82, 2.24) is 35.3 Å². The number of carbonyl (C=O) groups excluding carboxylic acids is 3. The SMILES string of the molecule is CNC(=O)c1n[nH]c2ccc(NC(=O)C3(COC)CCN(CC(=O)N4CCN(c5ccc(-c6ncccn6)cc5)CC4)C3)cc12. The Balaban J connectivity index is 1.04. The summed E-state index contributed by atoms with van der Waals surface area (Å²) in [6, 6.07) is 15.3. The van der Waals surface area contributed by atoms with Crippen LogP contribution >= 0.6 is 0 Å². The van der Waals surface area contributed by atoms with Gasteiger partial charge in [0.1, 0.15) is 0 Å². The Labute approximate surface area is 261 Å². The molecule has 0 bridgehead atoms. The first-order valence-electron chi connectivity index (χ1n) is 15.0. The molecule has 2 saturated heterocycles. The van der Waals surface area contributed by atoms with Gasteiger partial charge >= 0.3 is 0 Å². The van der Waals surface area contributed by atoms with Gasteiger partial charge in [-0.15, -0.1) is 0 Å². The minimum atomic E-state index is -0.806. The zero-order valence-corrected chi connectivity index (χ0v) is 25.5. The van der Waals surface area contributed by atoms with Crippen molar-refractivity contribution in [2.75, 3.05) is 76.8 Å². The molecule has 6 rings (SSSR count). The average Bonchev–Trinajstić information content (AvgIpc) is 3.69. The van der Waals surface area contributed by atoms with E-state index in [0.717, 1.165) is 24.3 Å². The van der Waals surface area contributed by atoms with Crippen molar-refractivity contribution in [3.63, 3.8) is 0 Å². The second kappa shape index (κ2) is 13.0. The molecule has 13 heteroatoms. The summed E-state index contributed by atoms with van der Waals surface area (Å²) in [7, 11) is 3.13. The van der Waals surface area contributed by atoms with Crippen LogP contribution in [0.1, 0.15) is 16.9 Å². The lowest BCUT2D eigenvalue weighted by Gasteiger charge is -2.37. The molecule has 1 atom stereocenters. The molecule has 3 N–H and O–H groups in total. The number of piperazine rings is 1. The molecule has 234 valence electrons. The number of nitrogens with one attached hydrogen (secondary N) is 3. The zero-order chi connectivity index (χ0) is 31.4. The molecule has 2 aromatic heterocycles. The maximum absolute atomic E-state index is 13.7. The number of amides is 3. The normalized spacial score (nSPS) is 18.7. The molecule has 0 aliphatic carbocycles. The Morgan fingerprint density at radius 2 is 1.76 bits per heavy atom. The fourth-order valence-corrected chi connectivity index (χ4v) is 6.16. The Kier molecular flexibility index (Phi) is 8.71. The lowest BCUT2D eigenvalue weighted by atomic mass is 9.87. The number of anilines is 2. The Morgan fingerprint density at radius 3 is 2.47 bits per heavy atom. The number of aromatic nitrogens is 4. The number of carbonyl (C=O) groups is 3. The summed E-state index contributed by atoms with van der Waals surface area (Å²) in [5, 5.41) is 13.2. The fraction of sp³-hybridized carbons (Fsp3) is 0.375. The minimum Gasteiger partial charge on any atom is -0.384 e. The molecule has 2 fully saturated rings. The van der Waals surface area contributed by atoms with E-state index in [1.807, 2.05) is 21.9 Å². The van der Waals surface area contributed by atoms with Crippen LogP contribution in [0, 0.1) is 5.41 Å². The number of methoxy groups -OCH3 is 1. The van der Waals surface area contributed by atoms with Crippen LogP contribution in [0.25, 0.3) is 22.3 Å². The molecule has 2 aliphatic heterocycles. The molecule has 2 aliphatic rings. The molecule has 4 aromatic rings. The van der Waals surface area contributed by atoms with Gasteiger partial charge < -0.3 is 25.2 Å². The summed E-state index contributed by atoms with van der Waals surface area (Å²) < 4.78 is 5.50. The number of ether oxygens (including phenoxy) is 1. The third-order valence-corrected chi connectivity index (χ3v) is 8.65. The minimum absolute atomic E-state index is 0.0620. The second-order valence-electron chi connectivity index (χ2n) is 11.5.